The fourth-order valence-corrected chi connectivity index (χ4v) is 1.44. The van der Waals surface area contributed by atoms with Crippen molar-refractivity contribution in [1.82, 2.24) is 0 Å². The van der Waals surface area contributed by atoms with E-state index in [2.05, 4.69) is 0 Å². The lowest BCUT2D eigenvalue weighted by Gasteiger charge is -2.12. The third-order valence-electron chi connectivity index (χ3n) is 2.35. The fraction of sp³-hybridized carbons (Fsp3) is 0.300. The van der Waals surface area contributed by atoms with Crippen LogP contribution in [0.5, 0.6) is 0 Å². The van der Waals surface area contributed by atoms with Crippen LogP contribution in [-0.2, 0) is 0 Å². The Balaban J connectivity index is 3.34. The van der Waals surface area contributed by atoms with Gasteiger partial charge in [-0.05, 0) is 12.1 Å². The number of nitro groups is 1. The lowest BCUT2D eigenvalue weighted by molar-refractivity contribution is -0.385. The Morgan fingerprint density at radius 1 is 1.35 bits per heavy atom. The molecule has 0 radical (unpaired) electrons. The van der Waals surface area contributed by atoms with Crippen molar-refractivity contribution >= 4 is 11.7 Å². The summed E-state index contributed by atoms with van der Waals surface area (Å²) in [4.78, 5) is 20.8. The predicted octanol–water partition coefficient (Wildman–Crippen LogP) is 0.361. The van der Waals surface area contributed by atoms with Crippen LogP contribution in [0, 0.1) is 10.1 Å². The summed E-state index contributed by atoms with van der Waals surface area (Å²) in [6.07, 6.45) is 0. The van der Waals surface area contributed by atoms with Crippen molar-refractivity contribution in [3.05, 3.63) is 39.4 Å². The van der Waals surface area contributed by atoms with Gasteiger partial charge in [-0.2, -0.15) is 0 Å². The number of aliphatic hydroxyl groups is 2. The molecule has 0 aliphatic heterocycles. The highest BCUT2D eigenvalue weighted by atomic mass is 16.6. The first-order chi connectivity index (χ1) is 8.01. The normalized spacial score (nSPS) is 10.5. The Morgan fingerprint density at radius 3 is 2.35 bits per heavy atom. The van der Waals surface area contributed by atoms with Crippen LogP contribution in [0.1, 0.15) is 21.8 Å². The van der Waals surface area contributed by atoms with Gasteiger partial charge in [0.2, 0.25) is 0 Å². The average molecular weight is 241 g/mol. The molecule has 7 heteroatoms. The number of carbonyl (C=O) groups is 1. The van der Waals surface area contributed by atoms with Gasteiger partial charge in [-0.1, -0.05) is 0 Å². The van der Waals surface area contributed by atoms with Crippen LogP contribution in [0.25, 0.3) is 0 Å². The second-order valence-corrected chi connectivity index (χ2v) is 3.40. The summed E-state index contributed by atoms with van der Waals surface area (Å²) in [6.45, 7) is -0.999. The van der Waals surface area contributed by atoms with E-state index in [1.165, 1.54) is 0 Å². The number of rotatable bonds is 5. The Hall–Kier alpha value is -1.99. The van der Waals surface area contributed by atoms with Crippen molar-refractivity contribution in [1.29, 1.82) is 0 Å². The zero-order valence-corrected chi connectivity index (χ0v) is 8.74. The number of carboxylic acid groups (broad SMARTS) is 1. The lowest BCUT2D eigenvalue weighted by Crippen LogP contribution is -2.12. The van der Waals surface area contributed by atoms with E-state index in [9.17, 15) is 14.9 Å². The first-order valence-corrected chi connectivity index (χ1v) is 4.74. The van der Waals surface area contributed by atoms with Gasteiger partial charge >= 0.3 is 5.97 Å². The molecule has 0 unspecified atom stereocenters. The van der Waals surface area contributed by atoms with E-state index in [0.717, 1.165) is 18.2 Å². The molecule has 0 heterocycles. The number of hydrogen-bond acceptors (Lipinski definition) is 5. The van der Waals surface area contributed by atoms with E-state index in [4.69, 9.17) is 15.3 Å². The molecule has 0 aromatic heterocycles. The minimum absolute atomic E-state index is 0.0138. The molecular weight excluding hydrogens is 230 g/mol. The SMILES string of the molecule is O=C(O)c1ccc([N+](=O)[O-])c(C(CO)CO)c1. The monoisotopic (exact) mass is 241 g/mol. The zero-order chi connectivity index (χ0) is 13.0. The molecule has 0 atom stereocenters. The van der Waals surface area contributed by atoms with E-state index in [0.29, 0.717) is 0 Å². The van der Waals surface area contributed by atoms with Gasteiger partial charge in [-0.15, -0.1) is 0 Å². The molecule has 17 heavy (non-hydrogen) atoms. The Bertz CT molecular complexity index is 440. The minimum atomic E-state index is -1.23. The van der Waals surface area contributed by atoms with Crippen molar-refractivity contribution < 1.29 is 25.0 Å². The molecule has 92 valence electrons. The summed E-state index contributed by atoms with van der Waals surface area (Å²) in [6, 6.07) is 3.25. The van der Waals surface area contributed by atoms with Crippen LogP contribution in [0.15, 0.2) is 18.2 Å². The summed E-state index contributed by atoms with van der Waals surface area (Å²) in [7, 11) is 0. The zero-order valence-electron chi connectivity index (χ0n) is 8.74. The van der Waals surface area contributed by atoms with Gasteiger partial charge in [-0.3, -0.25) is 10.1 Å². The molecule has 0 spiro atoms. The van der Waals surface area contributed by atoms with Crippen molar-refractivity contribution in [3.63, 3.8) is 0 Å². The fourth-order valence-electron chi connectivity index (χ4n) is 1.44. The maximum Gasteiger partial charge on any atom is 0.335 e. The number of aromatic carboxylic acids is 1. The first-order valence-electron chi connectivity index (χ1n) is 4.74. The molecule has 1 rings (SSSR count). The second kappa shape index (κ2) is 5.37. The van der Waals surface area contributed by atoms with Crippen LogP contribution in [0.2, 0.25) is 0 Å². The molecule has 1 aromatic rings. The standard InChI is InChI=1S/C10H11NO6/c12-4-7(5-13)8-3-6(10(14)15)1-2-9(8)11(16)17/h1-3,7,12-13H,4-5H2,(H,14,15). The largest absolute Gasteiger partial charge is 0.478 e. The summed E-state index contributed by atoms with van der Waals surface area (Å²) in [5.74, 6) is -2.09. The van der Waals surface area contributed by atoms with E-state index < -0.39 is 30.0 Å². The number of carboxylic acids is 1. The number of nitro benzene ring substituents is 1. The van der Waals surface area contributed by atoms with E-state index in [1.807, 2.05) is 0 Å². The quantitative estimate of drug-likeness (QED) is 0.505. The van der Waals surface area contributed by atoms with Gasteiger partial charge < -0.3 is 15.3 Å². The smallest absolute Gasteiger partial charge is 0.335 e. The summed E-state index contributed by atoms with van der Waals surface area (Å²) < 4.78 is 0. The number of benzene rings is 1. The maximum absolute atomic E-state index is 10.7. The highest BCUT2D eigenvalue weighted by Gasteiger charge is 2.22. The van der Waals surface area contributed by atoms with Crippen LogP contribution in [0.3, 0.4) is 0 Å². The highest BCUT2D eigenvalue weighted by Crippen LogP contribution is 2.27. The number of hydrogen-bond donors (Lipinski definition) is 3. The summed E-state index contributed by atoms with van der Waals surface area (Å²) >= 11 is 0. The molecule has 0 fully saturated rings. The van der Waals surface area contributed by atoms with Gasteiger partial charge in [0, 0.05) is 17.5 Å². The molecule has 3 N–H and O–H groups in total. The van der Waals surface area contributed by atoms with E-state index in [1.54, 1.807) is 0 Å². The van der Waals surface area contributed by atoms with Gasteiger partial charge in [0.15, 0.2) is 0 Å². The summed E-state index contributed by atoms with van der Waals surface area (Å²) in [5, 5.41) is 37.5. The predicted molar refractivity (Wildman–Crippen MR) is 57.0 cm³/mol. The summed E-state index contributed by atoms with van der Waals surface area (Å²) in [5.41, 5.74) is -0.430. The van der Waals surface area contributed by atoms with Crippen LogP contribution in [0.4, 0.5) is 5.69 Å². The van der Waals surface area contributed by atoms with Crippen LogP contribution in [-0.4, -0.2) is 39.4 Å². The molecular formula is C10H11NO6. The number of nitrogens with zero attached hydrogens (tertiary/aromatic N) is 1. The maximum atomic E-state index is 10.7. The Labute approximate surface area is 96.1 Å². The first kappa shape index (κ1) is 13.1. The van der Waals surface area contributed by atoms with Crippen molar-refractivity contribution in [2.75, 3.05) is 13.2 Å². The molecule has 7 nitrogen and oxygen atoms in total. The second-order valence-electron chi connectivity index (χ2n) is 3.40. The molecule has 0 aliphatic carbocycles. The molecule has 0 saturated heterocycles. The minimum Gasteiger partial charge on any atom is -0.478 e. The van der Waals surface area contributed by atoms with Gasteiger partial charge in [-0.25, -0.2) is 4.79 Å². The number of aliphatic hydroxyl groups excluding tert-OH is 2. The highest BCUT2D eigenvalue weighted by molar-refractivity contribution is 5.88. The van der Waals surface area contributed by atoms with Crippen LogP contribution < -0.4 is 0 Å². The Morgan fingerprint density at radius 2 is 1.94 bits per heavy atom. The lowest BCUT2D eigenvalue weighted by atomic mass is 9.97. The van der Waals surface area contributed by atoms with E-state index in [-0.39, 0.29) is 16.8 Å². The molecule has 0 amide bonds. The van der Waals surface area contributed by atoms with Crippen molar-refractivity contribution in [2.24, 2.45) is 0 Å². The van der Waals surface area contributed by atoms with Gasteiger partial charge in [0.05, 0.1) is 23.7 Å². The van der Waals surface area contributed by atoms with Gasteiger partial charge in [0.1, 0.15) is 0 Å². The van der Waals surface area contributed by atoms with Crippen molar-refractivity contribution in [2.45, 2.75) is 5.92 Å². The van der Waals surface area contributed by atoms with Crippen molar-refractivity contribution in [3.8, 4) is 0 Å². The third kappa shape index (κ3) is 2.77. The van der Waals surface area contributed by atoms with E-state index >= 15 is 0 Å². The van der Waals surface area contributed by atoms with Crippen LogP contribution >= 0.6 is 0 Å². The molecule has 0 bridgehead atoms. The van der Waals surface area contributed by atoms with Gasteiger partial charge in [0.25, 0.3) is 5.69 Å². The Kier molecular flexibility index (Phi) is 4.13. The third-order valence-corrected chi connectivity index (χ3v) is 2.35. The molecule has 1 aromatic carbocycles. The average Bonchev–Trinajstić information content (AvgIpc) is 2.30. The molecule has 0 saturated carbocycles. The molecule has 0 aliphatic rings. The topological polar surface area (TPSA) is 121 Å².